The third-order valence-electron chi connectivity index (χ3n) is 4.95. The summed E-state index contributed by atoms with van der Waals surface area (Å²) >= 11 is 0. The average Bonchev–Trinajstić information content (AvgIpc) is 2.94. The van der Waals surface area contributed by atoms with Crippen molar-refractivity contribution >= 4 is 5.91 Å². The van der Waals surface area contributed by atoms with E-state index in [0.29, 0.717) is 6.42 Å². The van der Waals surface area contributed by atoms with Gasteiger partial charge in [0.15, 0.2) is 0 Å². The van der Waals surface area contributed by atoms with Gasteiger partial charge in [0, 0.05) is 34.1 Å². The first kappa shape index (κ1) is 17.6. The molecule has 3 rings (SSSR count). The quantitative estimate of drug-likeness (QED) is 0.702. The summed E-state index contributed by atoms with van der Waals surface area (Å²) < 4.78 is 8.06. The first-order chi connectivity index (χ1) is 11.2. The number of likely N-dealkylation sites (tertiary alicyclic amines) is 1. The maximum Gasteiger partial charge on any atom is 0.226 e. The number of nitrogens with zero attached hydrogens (tertiary/aromatic N) is 1. The van der Waals surface area contributed by atoms with Crippen LogP contribution in [0.3, 0.4) is 0 Å². The van der Waals surface area contributed by atoms with E-state index in [4.69, 9.17) is 1.37 Å². The molecule has 0 aromatic heterocycles. The Labute approximate surface area is 167 Å². The molecule has 23 heavy (non-hydrogen) atoms. The third kappa shape index (κ3) is 5.13. The van der Waals surface area contributed by atoms with Gasteiger partial charge in [0.25, 0.3) is 0 Å². The smallest absolute Gasteiger partial charge is 0.226 e. The van der Waals surface area contributed by atoms with Gasteiger partial charge in [-0.1, -0.05) is 18.2 Å². The Bertz CT molecular complexity index is 555. The largest absolute Gasteiger partial charge is 0.348 e. The number of piperidine rings is 1. The van der Waals surface area contributed by atoms with Crippen molar-refractivity contribution in [3.05, 3.63) is 47.7 Å². The number of benzene rings is 1. The van der Waals surface area contributed by atoms with Crippen LogP contribution in [0, 0.1) is 12.8 Å². The molecule has 1 aliphatic carbocycles. The van der Waals surface area contributed by atoms with Gasteiger partial charge < -0.3 is 17.7 Å². The predicted octanol–water partition coefficient (Wildman–Crippen LogP) is 3.92. The van der Waals surface area contributed by atoms with Crippen molar-refractivity contribution in [1.29, 1.82) is 0 Å². The molecule has 0 spiro atoms. The Morgan fingerprint density at radius 3 is 2.83 bits per heavy atom. The van der Waals surface area contributed by atoms with Gasteiger partial charge >= 0.3 is 0 Å². The molecule has 1 amide bonds. The fourth-order valence-electron chi connectivity index (χ4n) is 3.54. The van der Waals surface area contributed by atoms with E-state index in [9.17, 15) is 4.79 Å². The number of fused-ring (bicyclic) bond motifs is 1. The number of aryl methyl sites for hydroxylation is 2. The molecule has 123 valence electrons. The summed E-state index contributed by atoms with van der Waals surface area (Å²) in [6, 6.07) is 6.28. The van der Waals surface area contributed by atoms with Gasteiger partial charge in [-0.25, -0.2) is 0 Å². The summed E-state index contributed by atoms with van der Waals surface area (Å²) in [5.41, 5.74) is 3.50. The molecule has 1 unspecified atom stereocenters. The number of carbonyl (C=O) groups excluding carboxylic acids is 1. The Morgan fingerprint density at radius 1 is 1.30 bits per heavy atom. The number of carbonyl (C=O) groups is 1. The van der Waals surface area contributed by atoms with Crippen LogP contribution in [-0.4, -0.2) is 23.9 Å². The van der Waals surface area contributed by atoms with Crippen LogP contribution in [0.15, 0.2) is 18.2 Å². The summed E-state index contributed by atoms with van der Waals surface area (Å²) in [5.74, 6) is 1.84. The zero-order valence-corrected chi connectivity index (χ0v) is 16.9. The van der Waals surface area contributed by atoms with Gasteiger partial charge in [-0.15, -0.1) is 6.42 Å². The van der Waals surface area contributed by atoms with Gasteiger partial charge in [-0.3, -0.25) is 4.79 Å². The van der Waals surface area contributed by atoms with Crippen molar-refractivity contribution in [2.75, 3.05) is 13.1 Å². The molecular weight excluding hydrogens is 359 g/mol. The van der Waals surface area contributed by atoms with Crippen molar-refractivity contribution in [3.8, 4) is 0 Å². The van der Waals surface area contributed by atoms with E-state index >= 15 is 0 Å². The van der Waals surface area contributed by atoms with Crippen molar-refractivity contribution < 1.29 is 38.9 Å². The second-order valence-corrected chi connectivity index (χ2v) is 6.54. The molecular formula is C20H27NOY-2. The second kappa shape index (κ2) is 9.32. The van der Waals surface area contributed by atoms with Crippen molar-refractivity contribution in [2.24, 2.45) is 0 Å². The van der Waals surface area contributed by atoms with Crippen LogP contribution in [0.2, 0.25) is 0 Å². The van der Waals surface area contributed by atoms with E-state index in [1.807, 2.05) is 4.90 Å². The molecule has 1 aromatic rings. The maximum absolute atomic E-state index is 12.5. The molecule has 2 aliphatic rings. The van der Waals surface area contributed by atoms with E-state index in [-0.39, 0.29) is 45.0 Å². The maximum atomic E-state index is 12.5. The topological polar surface area (TPSA) is 20.3 Å². The van der Waals surface area contributed by atoms with Crippen LogP contribution in [0.25, 0.3) is 0 Å². The third-order valence-corrected chi connectivity index (χ3v) is 4.95. The molecule has 3 heteroatoms. The molecule has 1 heterocycles. The standard InChI is InChI=1S/C20H27NO.Y/c1-2-3-5-16-10-12-21(13-11-16)20(22)15-17-8-9-18-6-4-7-19(18)14-17;/h8-9,14H,1-7,10-13,15H2;/q-2;/i7D;. The average molecular weight is 387 g/mol. The second-order valence-electron chi connectivity index (χ2n) is 6.54. The molecule has 0 N–H and O–H groups in total. The van der Waals surface area contributed by atoms with Crippen LogP contribution < -0.4 is 0 Å². The molecule has 1 aromatic carbocycles. The van der Waals surface area contributed by atoms with E-state index in [1.165, 1.54) is 18.4 Å². The minimum atomic E-state index is -0.0970. The molecule has 1 atom stereocenters. The van der Waals surface area contributed by atoms with E-state index in [1.54, 1.807) is 5.92 Å². The number of hydrogen-bond acceptors (Lipinski definition) is 1. The normalized spacial score (nSPS) is 21.5. The SMILES string of the molecule is [2H]C1CCc2ccc(CC(=O)N3CC[C-](CCC[CH2-])CC3)cc21.[Y]. The van der Waals surface area contributed by atoms with E-state index < -0.39 is 0 Å². The minimum absolute atomic E-state index is 0. The molecule has 1 fully saturated rings. The van der Waals surface area contributed by atoms with Crippen LogP contribution in [0.4, 0.5) is 0 Å². The molecule has 1 radical (unpaired) electrons. The van der Waals surface area contributed by atoms with Crippen LogP contribution in [0.5, 0.6) is 0 Å². The first-order valence-electron chi connectivity index (χ1n) is 9.19. The van der Waals surface area contributed by atoms with Gasteiger partial charge in [-0.2, -0.15) is 25.7 Å². The Morgan fingerprint density at radius 2 is 2.09 bits per heavy atom. The number of rotatable bonds is 5. The monoisotopic (exact) mass is 387 g/mol. The molecule has 1 saturated heterocycles. The molecule has 2 nitrogen and oxygen atoms in total. The zero-order chi connectivity index (χ0) is 16.2. The summed E-state index contributed by atoms with van der Waals surface area (Å²) in [7, 11) is 0. The van der Waals surface area contributed by atoms with Gasteiger partial charge in [0.05, 0.1) is 6.42 Å². The fraction of sp³-hybridized carbons (Fsp3) is 0.550. The Kier molecular flexibility index (Phi) is 7.14. The summed E-state index contributed by atoms with van der Waals surface area (Å²) in [6.45, 7) is 5.64. The van der Waals surface area contributed by atoms with Crippen LogP contribution in [-0.2, 0) is 56.7 Å². The zero-order valence-electron chi connectivity index (χ0n) is 15.0. The number of hydrogen-bond donors (Lipinski definition) is 0. The molecule has 0 bridgehead atoms. The van der Waals surface area contributed by atoms with Crippen molar-refractivity contribution in [1.82, 2.24) is 4.90 Å². The fourth-order valence-corrected chi connectivity index (χ4v) is 3.54. The minimum Gasteiger partial charge on any atom is -0.348 e. The van der Waals surface area contributed by atoms with Crippen molar-refractivity contribution in [2.45, 2.75) is 57.8 Å². The Balaban J connectivity index is 0.00000208. The Hall–Kier alpha value is -0.206. The summed E-state index contributed by atoms with van der Waals surface area (Å²) in [5, 5.41) is 0. The van der Waals surface area contributed by atoms with E-state index in [2.05, 4.69) is 25.1 Å². The van der Waals surface area contributed by atoms with Crippen molar-refractivity contribution in [3.63, 3.8) is 0 Å². The van der Waals surface area contributed by atoms with Crippen LogP contribution >= 0.6 is 0 Å². The molecule has 1 aliphatic heterocycles. The summed E-state index contributed by atoms with van der Waals surface area (Å²) in [4.78, 5) is 14.5. The van der Waals surface area contributed by atoms with Crippen LogP contribution in [0.1, 0.15) is 56.6 Å². The van der Waals surface area contributed by atoms with Gasteiger partial charge in [0.1, 0.15) is 0 Å². The number of unbranched alkanes of at least 4 members (excludes halogenated alkanes) is 1. The summed E-state index contributed by atoms with van der Waals surface area (Å²) in [6.07, 6.45) is 7.79. The predicted molar refractivity (Wildman–Crippen MR) is 90.4 cm³/mol. The first-order valence-corrected chi connectivity index (χ1v) is 8.62. The van der Waals surface area contributed by atoms with E-state index in [0.717, 1.165) is 56.3 Å². The van der Waals surface area contributed by atoms with Gasteiger partial charge in [0.2, 0.25) is 5.91 Å². The van der Waals surface area contributed by atoms with Gasteiger partial charge in [-0.05, 0) is 49.0 Å². The number of amides is 1. The molecule has 0 saturated carbocycles.